The molecule has 0 unspecified atom stereocenters. The third-order valence-electron chi connectivity index (χ3n) is 3.79. The molecule has 2 fully saturated rings. The molecule has 6 heteroatoms. The number of Topliss-reactive ketones (excluding diaryl/α,β-unsaturated/α-hetero) is 1. The van der Waals surface area contributed by atoms with E-state index in [4.69, 9.17) is 9.47 Å². The summed E-state index contributed by atoms with van der Waals surface area (Å²) >= 11 is 3.60. The second-order valence-electron chi connectivity index (χ2n) is 5.03. The molecule has 1 N–H and O–H groups in total. The molecule has 2 aliphatic rings. The zero-order valence-corrected chi connectivity index (χ0v) is 12.9. The van der Waals surface area contributed by atoms with Crippen LogP contribution in [0.15, 0.2) is 0 Å². The summed E-state index contributed by atoms with van der Waals surface area (Å²) in [4.78, 5) is 12.0. The number of hydrogen-bond acceptors (Lipinski definition) is 6. The molecule has 0 aromatic heterocycles. The molecule has 0 aliphatic carbocycles. The fraction of sp³-hybridized carbons (Fsp3) is 0.923. The van der Waals surface area contributed by atoms with Crippen molar-refractivity contribution in [2.24, 2.45) is 11.8 Å². The lowest BCUT2D eigenvalue weighted by molar-refractivity contribution is -0.133. The number of ketones is 1. The number of aliphatic hydroxyl groups excluding tert-OH is 1. The van der Waals surface area contributed by atoms with E-state index in [1.54, 1.807) is 18.9 Å². The van der Waals surface area contributed by atoms with E-state index in [-0.39, 0.29) is 30.5 Å². The molecule has 0 aromatic carbocycles. The second kappa shape index (κ2) is 7.88. The van der Waals surface area contributed by atoms with Gasteiger partial charge in [0.1, 0.15) is 12.6 Å². The van der Waals surface area contributed by atoms with Gasteiger partial charge in [-0.3, -0.25) is 4.79 Å². The van der Waals surface area contributed by atoms with Crippen molar-refractivity contribution >= 4 is 29.3 Å². The zero-order valence-electron chi connectivity index (χ0n) is 11.2. The lowest BCUT2D eigenvalue weighted by Gasteiger charge is -2.37. The Bertz CT molecular complexity index is 300. The molecular formula is C13H22O4S2. The molecule has 4 atom stereocenters. The van der Waals surface area contributed by atoms with Crippen LogP contribution in [-0.2, 0) is 14.3 Å². The van der Waals surface area contributed by atoms with Crippen molar-refractivity contribution in [3.63, 3.8) is 0 Å². The lowest BCUT2D eigenvalue weighted by Crippen LogP contribution is -2.46. The van der Waals surface area contributed by atoms with E-state index in [1.807, 2.05) is 11.8 Å². The fourth-order valence-corrected chi connectivity index (χ4v) is 5.07. The largest absolute Gasteiger partial charge is 0.392 e. The fourth-order valence-electron chi connectivity index (χ4n) is 2.67. The molecule has 0 saturated carbocycles. The predicted octanol–water partition coefficient (Wildman–Crippen LogP) is 1.41. The summed E-state index contributed by atoms with van der Waals surface area (Å²) in [5, 5.41) is 10.6. The highest BCUT2D eigenvalue weighted by atomic mass is 32.2. The SMILES string of the molecule is COCO[C@H]1CCSC[C@@H]1[C@H](O)[C@H]1CSCCC1=O. The van der Waals surface area contributed by atoms with Gasteiger partial charge in [-0.1, -0.05) is 0 Å². The van der Waals surface area contributed by atoms with Crippen molar-refractivity contribution in [1.82, 2.24) is 0 Å². The molecule has 2 saturated heterocycles. The van der Waals surface area contributed by atoms with Crippen molar-refractivity contribution in [2.45, 2.75) is 25.0 Å². The van der Waals surface area contributed by atoms with Gasteiger partial charge in [0.15, 0.2) is 0 Å². The summed E-state index contributed by atoms with van der Waals surface area (Å²) in [5.74, 6) is 3.60. The van der Waals surface area contributed by atoms with E-state index < -0.39 is 6.10 Å². The van der Waals surface area contributed by atoms with Crippen molar-refractivity contribution in [3.05, 3.63) is 0 Å². The standard InChI is InChI=1S/C13H22O4S2/c1-16-8-17-12-3-5-19-7-10(12)13(15)9-6-18-4-2-11(9)14/h9-10,12-13,15H,2-8H2,1H3/t9-,10-,12-,13+/m0/s1. The quantitative estimate of drug-likeness (QED) is 0.775. The van der Waals surface area contributed by atoms with Gasteiger partial charge in [-0.2, -0.15) is 23.5 Å². The summed E-state index contributed by atoms with van der Waals surface area (Å²) in [7, 11) is 1.60. The minimum Gasteiger partial charge on any atom is -0.392 e. The van der Waals surface area contributed by atoms with Gasteiger partial charge >= 0.3 is 0 Å². The number of methoxy groups -OCH3 is 1. The Kier molecular flexibility index (Phi) is 6.49. The molecule has 4 nitrogen and oxygen atoms in total. The van der Waals surface area contributed by atoms with Crippen LogP contribution >= 0.6 is 23.5 Å². The molecule has 2 heterocycles. The van der Waals surface area contributed by atoms with E-state index >= 15 is 0 Å². The summed E-state index contributed by atoms with van der Waals surface area (Å²) < 4.78 is 10.6. The number of thioether (sulfide) groups is 2. The van der Waals surface area contributed by atoms with Crippen molar-refractivity contribution in [1.29, 1.82) is 0 Å². The molecule has 0 spiro atoms. The molecule has 2 rings (SSSR count). The minimum absolute atomic E-state index is 0.0101. The number of rotatable bonds is 5. The minimum atomic E-state index is -0.574. The highest BCUT2D eigenvalue weighted by molar-refractivity contribution is 7.99. The summed E-state index contributed by atoms with van der Waals surface area (Å²) in [6.45, 7) is 0.256. The predicted molar refractivity (Wildman–Crippen MR) is 78.6 cm³/mol. The van der Waals surface area contributed by atoms with Crippen LogP contribution in [0.25, 0.3) is 0 Å². The number of aliphatic hydroxyl groups is 1. The summed E-state index contributed by atoms with van der Waals surface area (Å²) in [5.41, 5.74) is 0. The first-order valence-electron chi connectivity index (χ1n) is 6.71. The average molecular weight is 306 g/mol. The normalized spacial score (nSPS) is 34.2. The van der Waals surface area contributed by atoms with Crippen LogP contribution in [0, 0.1) is 11.8 Å². The maximum absolute atomic E-state index is 12.0. The highest BCUT2D eigenvalue weighted by Crippen LogP contribution is 2.34. The van der Waals surface area contributed by atoms with Crippen molar-refractivity contribution < 1.29 is 19.4 Å². The monoisotopic (exact) mass is 306 g/mol. The number of hydrogen-bond donors (Lipinski definition) is 1. The van der Waals surface area contributed by atoms with Crippen LogP contribution in [0.5, 0.6) is 0 Å². The molecule has 0 aromatic rings. The van der Waals surface area contributed by atoms with Crippen molar-refractivity contribution in [3.8, 4) is 0 Å². The third-order valence-corrected chi connectivity index (χ3v) is 6.02. The van der Waals surface area contributed by atoms with Gasteiger partial charge in [0, 0.05) is 36.7 Å². The van der Waals surface area contributed by atoms with Crippen LogP contribution in [0.1, 0.15) is 12.8 Å². The molecule has 110 valence electrons. The molecule has 2 aliphatic heterocycles. The van der Waals surface area contributed by atoms with Gasteiger partial charge in [-0.05, 0) is 12.2 Å². The van der Waals surface area contributed by atoms with Gasteiger partial charge in [0.2, 0.25) is 0 Å². The number of ether oxygens (including phenoxy) is 2. The van der Waals surface area contributed by atoms with E-state index in [2.05, 4.69) is 0 Å². The molecular weight excluding hydrogens is 284 g/mol. The van der Waals surface area contributed by atoms with Gasteiger partial charge in [0.05, 0.1) is 18.1 Å². The maximum Gasteiger partial charge on any atom is 0.146 e. The Labute approximate surface area is 123 Å². The van der Waals surface area contributed by atoms with Crippen molar-refractivity contribution in [2.75, 3.05) is 36.9 Å². The highest BCUT2D eigenvalue weighted by Gasteiger charge is 2.39. The van der Waals surface area contributed by atoms with E-state index in [9.17, 15) is 9.90 Å². The number of carbonyl (C=O) groups is 1. The average Bonchev–Trinajstić information content (AvgIpc) is 2.45. The Hall–Kier alpha value is 0.250. The first-order chi connectivity index (χ1) is 9.24. The Morgan fingerprint density at radius 1 is 1.37 bits per heavy atom. The van der Waals surface area contributed by atoms with Gasteiger partial charge < -0.3 is 14.6 Å². The van der Waals surface area contributed by atoms with Crippen LogP contribution in [0.2, 0.25) is 0 Å². The van der Waals surface area contributed by atoms with E-state index in [0.717, 1.165) is 29.4 Å². The Morgan fingerprint density at radius 2 is 2.16 bits per heavy atom. The molecule has 0 bridgehead atoms. The summed E-state index contributed by atoms with van der Waals surface area (Å²) in [6.07, 6.45) is 0.950. The molecule has 19 heavy (non-hydrogen) atoms. The summed E-state index contributed by atoms with van der Waals surface area (Å²) in [6, 6.07) is 0. The zero-order chi connectivity index (χ0) is 13.7. The first-order valence-corrected chi connectivity index (χ1v) is 9.01. The van der Waals surface area contributed by atoms with Gasteiger partial charge in [0.25, 0.3) is 0 Å². The Balaban J connectivity index is 1.97. The van der Waals surface area contributed by atoms with E-state index in [0.29, 0.717) is 6.42 Å². The van der Waals surface area contributed by atoms with Gasteiger partial charge in [-0.15, -0.1) is 0 Å². The topological polar surface area (TPSA) is 55.8 Å². The smallest absolute Gasteiger partial charge is 0.146 e. The molecule has 0 amide bonds. The lowest BCUT2D eigenvalue weighted by atomic mass is 9.84. The van der Waals surface area contributed by atoms with Crippen LogP contribution < -0.4 is 0 Å². The number of carbonyl (C=O) groups excluding carboxylic acids is 1. The Morgan fingerprint density at radius 3 is 2.89 bits per heavy atom. The maximum atomic E-state index is 12.0. The van der Waals surface area contributed by atoms with Crippen LogP contribution in [0.3, 0.4) is 0 Å². The second-order valence-corrected chi connectivity index (χ2v) is 7.33. The van der Waals surface area contributed by atoms with E-state index in [1.165, 1.54) is 0 Å². The van der Waals surface area contributed by atoms with Crippen LogP contribution in [0.4, 0.5) is 0 Å². The first kappa shape index (κ1) is 15.6. The van der Waals surface area contributed by atoms with Gasteiger partial charge in [-0.25, -0.2) is 0 Å². The molecule has 0 radical (unpaired) electrons. The van der Waals surface area contributed by atoms with Crippen LogP contribution in [-0.4, -0.2) is 60.0 Å². The third kappa shape index (κ3) is 4.11.